The number of carboxylic acids is 1. The normalized spacial score (nSPS) is 12.3. The molecule has 1 aromatic carbocycles. The third kappa shape index (κ3) is 6.04. The molecule has 0 unspecified atom stereocenters. The minimum Gasteiger partial charge on any atom is -0.477 e. The number of rotatable bonds is 9. The van der Waals surface area contributed by atoms with Crippen molar-refractivity contribution in [2.75, 3.05) is 18.6 Å². The fraction of sp³-hybridized carbons (Fsp3) is 0.320. The molecule has 36 heavy (non-hydrogen) atoms. The molecule has 1 N–H and O–H groups in total. The molecule has 0 amide bonds. The number of pyridine rings is 1. The molecule has 0 aliphatic rings. The molecule has 0 spiro atoms. The van der Waals surface area contributed by atoms with Crippen LogP contribution in [0.1, 0.15) is 16.1 Å². The summed E-state index contributed by atoms with van der Waals surface area (Å²) in [5.74, 6) is 0.441. The van der Waals surface area contributed by atoms with Gasteiger partial charge in [0, 0.05) is 21.7 Å². The number of para-hydroxylation sites is 1. The largest absolute Gasteiger partial charge is 0.477 e. The minimum absolute atomic E-state index is 0.0305. The molecule has 0 aliphatic carbocycles. The smallest absolute Gasteiger partial charge is 0.354 e. The summed E-state index contributed by atoms with van der Waals surface area (Å²) in [6.07, 6.45) is 0. The first-order valence-electron chi connectivity index (χ1n) is 11.6. The lowest BCUT2D eigenvalue weighted by atomic mass is 10.3. The molecule has 3 heterocycles. The number of hydrogen-bond donors (Lipinski definition) is 1. The molecule has 0 fully saturated rings. The van der Waals surface area contributed by atoms with E-state index in [-0.39, 0.29) is 5.69 Å². The van der Waals surface area contributed by atoms with Gasteiger partial charge in [-0.1, -0.05) is 49.2 Å². The van der Waals surface area contributed by atoms with Gasteiger partial charge in [0.15, 0.2) is 22.1 Å². The topological polar surface area (TPSA) is 106 Å². The monoisotopic (exact) mass is 522 g/mol. The number of aryl methyl sites for hydroxylation is 1. The minimum atomic E-state index is -1.17. The van der Waals surface area contributed by atoms with Crippen molar-refractivity contribution in [3.8, 4) is 0 Å². The summed E-state index contributed by atoms with van der Waals surface area (Å²) in [7, 11) is 0.596. The number of anilines is 2. The number of aromatic nitrogens is 4. The predicted octanol–water partition coefficient (Wildman–Crippen LogP) is 5.21. The van der Waals surface area contributed by atoms with Crippen molar-refractivity contribution in [3.05, 3.63) is 64.6 Å². The average Bonchev–Trinajstić information content (AvgIpc) is 3.19. The zero-order valence-corrected chi connectivity index (χ0v) is 22.9. The van der Waals surface area contributed by atoms with Crippen molar-refractivity contribution in [1.82, 2.24) is 19.7 Å². The Bertz CT molecular complexity index is 1460. The zero-order chi connectivity index (χ0) is 25.9. The van der Waals surface area contributed by atoms with Crippen LogP contribution in [0, 0.1) is 6.92 Å². The van der Waals surface area contributed by atoms with E-state index < -0.39 is 14.0 Å². The Hall–Kier alpha value is -3.41. The third-order valence-corrected chi connectivity index (χ3v) is 8.36. The quantitative estimate of drug-likeness (QED) is 0.238. The third-order valence-electron chi connectivity index (χ3n) is 5.59. The van der Waals surface area contributed by atoms with E-state index in [9.17, 15) is 9.90 Å². The van der Waals surface area contributed by atoms with Crippen LogP contribution < -0.4 is 9.70 Å². The van der Waals surface area contributed by atoms with Gasteiger partial charge in [-0.3, -0.25) is 4.57 Å². The molecule has 4 rings (SSSR count). The van der Waals surface area contributed by atoms with Crippen LogP contribution in [-0.2, 0) is 11.5 Å². The Kier molecular flexibility index (Phi) is 7.62. The van der Waals surface area contributed by atoms with Gasteiger partial charge in [-0.25, -0.2) is 9.78 Å². The first kappa shape index (κ1) is 25.7. The van der Waals surface area contributed by atoms with Crippen LogP contribution >= 0.6 is 11.3 Å². The molecular formula is C25H30N6O3SSi. The second-order valence-corrected chi connectivity index (χ2v) is 16.3. The van der Waals surface area contributed by atoms with E-state index in [0.717, 1.165) is 33.2 Å². The zero-order valence-electron chi connectivity index (χ0n) is 21.1. The van der Waals surface area contributed by atoms with Gasteiger partial charge in [0.1, 0.15) is 12.5 Å². The number of carbonyl (C=O) groups is 1. The van der Waals surface area contributed by atoms with Gasteiger partial charge in [-0.05, 0) is 48.9 Å². The lowest BCUT2D eigenvalue weighted by molar-refractivity contribution is 0.0690. The molecule has 0 saturated heterocycles. The molecule has 0 bridgehead atoms. The van der Waals surface area contributed by atoms with Gasteiger partial charge >= 0.3 is 5.97 Å². The SMILES string of the molecule is Cc1cc(N(C)c2cccc(C(=O)O)n2)nnc1N=c1sc2ccccc2n1COCC[Si](C)(C)C. The number of benzene rings is 1. The number of ether oxygens (including phenoxy) is 1. The maximum absolute atomic E-state index is 11.3. The maximum atomic E-state index is 11.3. The van der Waals surface area contributed by atoms with E-state index >= 15 is 0 Å². The summed E-state index contributed by atoms with van der Waals surface area (Å²) < 4.78 is 9.25. The van der Waals surface area contributed by atoms with Gasteiger partial charge < -0.3 is 14.7 Å². The van der Waals surface area contributed by atoms with Crippen molar-refractivity contribution in [2.45, 2.75) is 39.3 Å². The Morgan fingerprint density at radius 1 is 1.14 bits per heavy atom. The maximum Gasteiger partial charge on any atom is 0.354 e. The van der Waals surface area contributed by atoms with Crippen LogP contribution in [0.15, 0.2) is 53.5 Å². The molecular weight excluding hydrogens is 492 g/mol. The van der Waals surface area contributed by atoms with E-state index in [2.05, 4.69) is 51.5 Å². The van der Waals surface area contributed by atoms with Gasteiger partial charge in [0.2, 0.25) is 0 Å². The lowest BCUT2D eigenvalue weighted by Gasteiger charge is -2.17. The highest BCUT2D eigenvalue weighted by Crippen LogP contribution is 2.24. The molecule has 0 saturated carbocycles. The first-order chi connectivity index (χ1) is 17.1. The van der Waals surface area contributed by atoms with Crippen molar-refractivity contribution < 1.29 is 14.6 Å². The highest BCUT2D eigenvalue weighted by Gasteiger charge is 2.15. The van der Waals surface area contributed by atoms with Crippen molar-refractivity contribution in [3.63, 3.8) is 0 Å². The molecule has 0 atom stereocenters. The fourth-order valence-electron chi connectivity index (χ4n) is 3.44. The highest BCUT2D eigenvalue weighted by atomic mass is 32.1. The Labute approximate surface area is 214 Å². The van der Waals surface area contributed by atoms with Crippen molar-refractivity contribution in [2.24, 2.45) is 4.99 Å². The molecule has 0 aliphatic heterocycles. The van der Waals surface area contributed by atoms with Crippen LogP contribution in [0.2, 0.25) is 25.7 Å². The molecule has 4 aromatic rings. The van der Waals surface area contributed by atoms with E-state index in [0.29, 0.717) is 24.2 Å². The van der Waals surface area contributed by atoms with E-state index in [1.807, 2.05) is 25.1 Å². The van der Waals surface area contributed by atoms with Gasteiger partial charge in [-0.2, -0.15) is 4.99 Å². The number of nitrogens with zero attached hydrogens (tertiary/aromatic N) is 6. The number of hydrogen-bond acceptors (Lipinski definition) is 8. The van der Waals surface area contributed by atoms with Crippen LogP contribution in [0.4, 0.5) is 17.5 Å². The van der Waals surface area contributed by atoms with Crippen LogP contribution in [-0.4, -0.2) is 52.6 Å². The van der Waals surface area contributed by atoms with Crippen molar-refractivity contribution >= 4 is 53.1 Å². The standard InChI is InChI=1S/C25H30N6O3SSi/c1-17-15-22(30(2)21-12-8-9-18(26-21)24(32)33)28-29-23(17)27-25-31(16-34-13-14-36(3,4)5)19-10-6-7-11-20(19)35-25/h6-12,15H,13-14,16H2,1-5H3,(H,32,33). The van der Waals surface area contributed by atoms with Crippen LogP contribution in [0.5, 0.6) is 0 Å². The van der Waals surface area contributed by atoms with Gasteiger partial charge in [-0.15, -0.1) is 10.2 Å². The molecule has 9 nitrogen and oxygen atoms in total. The predicted molar refractivity (Wildman–Crippen MR) is 145 cm³/mol. The average molecular weight is 523 g/mol. The molecule has 11 heteroatoms. The number of fused-ring (bicyclic) bond motifs is 1. The first-order valence-corrected chi connectivity index (χ1v) is 16.1. The number of carboxylic acid groups (broad SMARTS) is 1. The van der Waals surface area contributed by atoms with E-state index in [4.69, 9.17) is 9.73 Å². The number of aromatic carboxylic acids is 1. The van der Waals surface area contributed by atoms with Gasteiger partial charge in [0.05, 0.1) is 10.2 Å². The fourth-order valence-corrected chi connectivity index (χ4v) is 5.22. The number of thiazole rings is 1. The van der Waals surface area contributed by atoms with E-state index in [1.165, 1.54) is 6.07 Å². The second kappa shape index (κ2) is 10.7. The summed E-state index contributed by atoms with van der Waals surface area (Å²) >= 11 is 1.58. The summed E-state index contributed by atoms with van der Waals surface area (Å²) in [6, 6.07) is 16.0. The summed E-state index contributed by atoms with van der Waals surface area (Å²) in [5, 5.41) is 17.9. The summed E-state index contributed by atoms with van der Waals surface area (Å²) in [5.41, 5.74) is 1.88. The second-order valence-electron chi connectivity index (χ2n) is 9.69. The highest BCUT2D eigenvalue weighted by molar-refractivity contribution is 7.16. The molecule has 0 radical (unpaired) electrons. The van der Waals surface area contributed by atoms with E-state index in [1.54, 1.807) is 35.4 Å². The van der Waals surface area contributed by atoms with Crippen molar-refractivity contribution in [1.29, 1.82) is 0 Å². The summed E-state index contributed by atoms with van der Waals surface area (Å²) in [4.78, 5) is 22.8. The van der Waals surface area contributed by atoms with Crippen LogP contribution in [0.3, 0.4) is 0 Å². The lowest BCUT2D eigenvalue weighted by Crippen LogP contribution is -2.23. The Balaban J connectivity index is 1.64. The molecule has 188 valence electrons. The van der Waals surface area contributed by atoms with Crippen LogP contribution in [0.25, 0.3) is 10.2 Å². The molecule has 3 aromatic heterocycles. The Morgan fingerprint density at radius 2 is 1.92 bits per heavy atom. The Morgan fingerprint density at radius 3 is 2.64 bits per heavy atom. The van der Waals surface area contributed by atoms with Gasteiger partial charge in [0.25, 0.3) is 0 Å². The summed E-state index contributed by atoms with van der Waals surface area (Å²) in [6.45, 7) is 10.1.